The molecule has 4 heteroatoms. The fraction of sp³-hybridized carbons (Fsp3) is 0.632. The Labute approximate surface area is 140 Å². The Bertz CT molecular complexity index is 528. The Morgan fingerprint density at radius 2 is 2.17 bits per heavy atom. The van der Waals surface area contributed by atoms with Crippen molar-refractivity contribution in [2.45, 2.75) is 52.5 Å². The smallest absolute Gasteiger partial charge is 0.222 e. The van der Waals surface area contributed by atoms with E-state index in [1.165, 1.54) is 11.1 Å². The van der Waals surface area contributed by atoms with Gasteiger partial charge in [0.25, 0.3) is 0 Å². The second kappa shape index (κ2) is 8.34. The van der Waals surface area contributed by atoms with E-state index in [9.17, 15) is 4.79 Å². The normalized spacial score (nSPS) is 19.5. The van der Waals surface area contributed by atoms with E-state index in [2.05, 4.69) is 26.0 Å². The van der Waals surface area contributed by atoms with Crippen molar-refractivity contribution in [1.82, 2.24) is 4.90 Å². The second-order valence-electron chi connectivity index (χ2n) is 6.80. The SMILES string of the molecule is Cc1ccc(OCCCC(=O)N2CCC[C@H]([C@H](C)N)C2)cc1C. The minimum Gasteiger partial charge on any atom is -0.494 e. The Hall–Kier alpha value is -1.55. The van der Waals surface area contributed by atoms with Crippen LogP contribution >= 0.6 is 0 Å². The standard InChI is InChI=1S/C19H30N2O2/c1-14-8-9-18(12-15(14)2)23-11-5-7-19(22)21-10-4-6-17(13-21)16(3)20/h8-9,12,16-17H,4-7,10-11,13,20H2,1-3H3/t16-,17-/m0/s1. The van der Waals surface area contributed by atoms with Gasteiger partial charge in [-0.25, -0.2) is 0 Å². The van der Waals surface area contributed by atoms with Crippen LogP contribution in [0.4, 0.5) is 0 Å². The summed E-state index contributed by atoms with van der Waals surface area (Å²) in [6.07, 6.45) is 3.51. The quantitative estimate of drug-likeness (QED) is 0.820. The molecule has 2 atom stereocenters. The van der Waals surface area contributed by atoms with Crippen LogP contribution in [0.2, 0.25) is 0 Å². The molecule has 128 valence electrons. The third-order valence-electron chi connectivity index (χ3n) is 4.84. The first-order valence-corrected chi connectivity index (χ1v) is 8.71. The van der Waals surface area contributed by atoms with Crippen molar-refractivity contribution >= 4 is 5.91 Å². The lowest BCUT2D eigenvalue weighted by molar-refractivity contribution is -0.133. The van der Waals surface area contributed by atoms with Crippen LogP contribution < -0.4 is 10.5 Å². The number of rotatable bonds is 6. The molecular weight excluding hydrogens is 288 g/mol. The summed E-state index contributed by atoms with van der Waals surface area (Å²) < 4.78 is 5.75. The number of carbonyl (C=O) groups is 1. The monoisotopic (exact) mass is 318 g/mol. The van der Waals surface area contributed by atoms with Gasteiger partial charge in [0.2, 0.25) is 5.91 Å². The van der Waals surface area contributed by atoms with Crippen molar-refractivity contribution in [3.8, 4) is 5.75 Å². The number of nitrogens with two attached hydrogens (primary N) is 1. The molecule has 1 aromatic rings. The van der Waals surface area contributed by atoms with Crippen LogP contribution in [-0.2, 0) is 4.79 Å². The van der Waals surface area contributed by atoms with Gasteiger partial charge in [-0.1, -0.05) is 6.07 Å². The molecule has 0 spiro atoms. The summed E-state index contributed by atoms with van der Waals surface area (Å²) in [4.78, 5) is 14.3. The zero-order chi connectivity index (χ0) is 16.8. The summed E-state index contributed by atoms with van der Waals surface area (Å²) >= 11 is 0. The highest BCUT2D eigenvalue weighted by Crippen LogP contribution is 2.20. The lowest BCUT2D eigenvalue weighted by Gasteiger charge is -2.34. The number of amides is 1. The first-order chi connectivity index (χ1) is 11.0. The van der Waals surface area contributed by atoms with Gasteiger partial charge in [0.1, 0.15) is 5.75 Å². The van der Waals surface area contributed by atoms with Gasteiger partial charge in [-0.3, -0.25) is 4.79 Å². The number of hydrogen-bond acceptors (Lipinski definition) is 3. The highest BCUT2D eigenvalue weighted by Gasteiger charge is 2.25. The molecule has 0 aromatic heterocycles. The molecule has 1 aromatic carbocycles. The van der Waals surface area contributed by atoms with Crippen molar-refractivity contribution in [3.63, 3.8) is 0 Å². The summed E-state index contributed by atoms with van der Waals surface area (Å²) in [6.45, 7) is 8.48. The molecule has 0 bridgehead atoms. The van der Waals surface area contributed by atoms with E-state index in [0.717, 1.165) is 38.1 Å². The average Bonchev–Trinajstić information content (AvgIpc) is 2.54. The van der Waals surface area contributed by atoms with Crippen LogP contribution in [0.25, 0.3) is 0 Å². The molecule has 0 saturated carbocycles. The maximum atomic E-state index is 12.3. The van der Waals surface area contributed by atoms with Gasteiger partial charge in [0.05, 0.1) is 6.61 Å². The molecule has 1 aliphatic rings. The molecule has 1 amide bonds. The van der Waals surface area contributed by atoms with Crippen molar-refractivity contribution in [2.24, 2.45) is 11.7 Å². The van der Waals surface area contributed by atoms with Gasteiger partial charge in [-0.15, -0.1) is 0 Å². The topological polar surface area (TPSA) is 55.6 Å². The number of carbonyl (C=O) groups excluding carboxylic acids is 1. The molecule has 4 nitrogen and oxygen atoms in total. The van der Waals surface area contributed by atoms with E-state index in [1.54, 1.807) is 0 Å². The van der Waals surface area contributed by atoms with Gasteiger partial charge in [0, 0.05) is 25.6 Å². The maximum Gasteiger partial charge on any atom is 0.222 e. The molecule has 23 heavy (non-hydrogen) atoms. The van der Waals surface area contributed by atoms with Crippen molar-refractivity contribution in [3.05, 3.63) is 29.3 Å². The number of aryl methyl sites for hydroxylation is 2. The van der Waals surface area contributed by atoms with Crippen molar-refractivity contribution in [1.29, 1.82) is 0 Å². The summed E-state index contributed by atoms with van der Waals surface area (Å²) in [5, 5.41) is 0. The first-order valence-electron chi connectivity index (χ1n) is 8.71. The Kier molecular flexibility index (Phi) is 6.46. The van der Waals surface area contributed by atoms with E-state index in [0.29, 0.717) is 18.9 Å². The third-order valence-corrected chi connectivity index (χ3v) is 4.84. The highest BCUT2D eigenvalue weighted by atomic mass is 16.5. The Balaban J connectivity index is 1.71. The fourth-order valence-electron chi connectivity index (χ4n) is 3.04. The molecular formula is C19H30N2O2. The molecule has 2 rings (SSSR count). The van der Waals surface area contributed by atoms with E-state index in [4.69, 9.17) is 10.5 Å². The van der Waals surface area contributed by atoms with Gasteiger partial charge in [0.15, 0.2) is 0 Å². The van der Waals surface area contributed by atoms with Crippen LogP contribution in [0.3, 0.4) is 0 Å². The number of piperidine rings is 1. The number of ether oxygens (including phenoxy) is 1. The maximum absolute atomic E-state index is 12.3. The van der Waals surface area contributed by atoms with Crippen molar-refractivity contribution < 1.29 is 9.53 Å². The molecule has 0 radical (unpaired) electrons. The van der Waals surface area contributed by atoms with Crippen LogP contribution in [0.5, 0.6) is 5.75 Å². The van der Waals surface area contributed by atoms with Crippen LogP contribution in [0.15, 0.2) is 18.2 Å². The predicted molar refractivity (Wildman–Crippen MR) is 93.6 cm³/mol. The number of benzene rings is 1. The summed E-state index contributed by atoms with van der Waals surface area (Å²) in [5.74, 6) is 1.56. The van der Waals surface area contributed by atoms with Gasteiger partial charge in [-0.05, 0) is 69.2 Å². The van der Waals surface area contributed by atoms with Gasteiger partial charge < -0.3 is 15.4 Å². The zero-order valence-corrected chi connectivity index (χ0v) is 14.7. The highest BCUT2D eigenvalue weighted by molar-refractivity contribution is 5.76. The fourth-order valence-corrected chi connectivity index (χ4v) is 3.04. The van der Waals surface area contributed by atoms with Gasteiger partial charge in [-0.2, -0.15) is 0 Å². The molecule has 0 aliphatic carbocycles. The zero-order valence-electron chi connectivity index (χ0n) is 14.7. The average molecular weight is 318 g/mol. The summed E-state index contributed by atoms with van der Waals surface area (Å²) in [5.41, 5.74) is 8.48. The van der Waals surface area contributed by atoms with E-state index >= 15 is 0 Å². The van der Waals surface area contributed by atoms with Crippen LogP contribution in [0, 0.1) is 19.8 Å². The second-order valence-corrected chi connectivity index (χ2v) is 6.80. The minimum atomic E-state index is 0.165. The van der Waals surface area contributed by atoms with Crippen LogP contribution in [0.1, 0.15) is 43.7 Å². The molecule has 1 saturated heterocycles. The van der Waals surface area contributed by atoms with E-state index < -0.39 is 0 Å². The van der Waals surface area contributed by atoms with E-state index in [1.807, 2.05) is 17.9 Å². The predicted octanol–water partition coefficient (Wildman–Crippen LogP) is 3.05. The third kappa shape index (κ3) is 5.24. The molecule has 1 heterocycles. The van der Waals surface area contributed by atoms with Crippen LogP contribution in [-0.4, -0.2) is 36.5 Å². The summed E-state index contributed by atoms with van der Waals surface area (Å²) in [7, 11) is 0. The molecule has 2 N–H and O–H groups in total. The van der Waals surface area contributed by atoms with Gasteiger partial charge >= 0.3 is 0 Å². The van der Waals surface area contributed by atoms with E-state index in [-0.39, 0.29) is 11.9 Å². The van der Waals surface area contributed by atoms with Crippen molar-refractivity contribution in [2.75, 3.05) is 19.7 Å². The number of hydrogen-bond donors (Lipinski definition) is 1. The summed E-state index contributed by atoms with van der Waals surface area (Å²) in [6, 6.07) is 6.27. The minimum absolute atomic E-state index is 0.165. The molecule has 1 fully saturated rings. The Morgan fingerprint density at radius 3 is 2.87 bits per heavy atom. The lowest BCUT2D eigenvalue weighted by Crippen LogP contribution is -2.45. The molecule has 0 unspecified atom stereocenters. The Morgan fingerprint density at radius 1 is 1.39 bits per heavy atom. The molecule has 1 aliphatic heterocycles. The number of likely N-dealkylation sites (tertiary alicyclic amines) is 1. The largest absolute Gasteiger partial charge is 0.494 e. The lowest BCUT2D eigenvalue weighted by atomic mass is 9.92. The first kappa shape index (κ1) is 17.8. The number of nitrogens with zero attached hydrogens (tertiary/aromatic N) is 1.